The lowest BCUT2D eigenvalue weighted by Crippen LogP contribution is -2.51. The summed E-state index contributed by atoms with van der Waals surface area (Å²) in [5.74, 6) is 0.809. The Hall–Kier alpha value is -1.49. The molecule has 1 aliphatic heterocycles. The van der Waals surface area contributed by atoms with Crippen LogP contribution in [0.1, 0.15) is 40.2 Å². The predicted molar refractivity (Wildman–Crippen MR) is 104 cm³/mol. The topological polar surface area (TPSA) is 40.6 Å². The van der Waals surface area contributed by atoms with E-state index in [0.29, 0.717) is 31.9 Å². The van der Waals surface area contributed by atoms with E-state index in [4.69, 9.17) is 0 Å². The first-order chi connectivity index (χ1) is 11.7. The van der Waals surface area contributed by atoms with Crippen molar-refractivity contribution in [1.29, 1.82) is 0 Å². The Balaban J connectivity index is 1.80. The van der Waals surface area contributed by atoms with Crippen molar-refractivity contribution >= 4 is 23.6 Å². The van der Waals surface area contributed by atoms with Crippen LogP contribution in [-0.2, 0) is 15.0 Å². The van der Waals surface area contributed by atoms with Gasteiger partial charge in [-0.25, -0.2) is 0 Å². The second kappa shape index (κ2) is 8.26. The van der Waals surface area contributed by atoms with Crippen LogP contribution in [0.25, 0.3) is 0 Å². The van der Waals surface area contributed by atoms with Gasteiger partial charge in [0.05, 0.1) is 5.75 Å². The van der Waals surface area contributed by atoms with E-state index in [2.05, 4.69) is 45.0 Å². The zero-order valence-electron chi connectivity index (χ0n) is 16.0. The first kappa shape index (κ1) is 19.8. The molecule has 1 aromatic carbocycles. The Morgan fingerprint density at radius 2 is 1.52 bits per heavy atom. The SMILES string of the molecule is CC(C)C(=O)N1CCN(C(=O)CSc2ccc(C(C)(C)C)cc2)CC1. The van der Waals surface area contributed by atoms with Gasteiger partial charge in [-0.05, 0) is 23.1 Å². The van der Waals surface area contributed by atoms with Gasteiger partial charge in [0.2, 0.25) is 11.8 Å². The highest BCUT2D eigenvalue weighted by Crippen LogP contribution is 2.25. The van der Waals surface area contributed by atoms with Gasteiger partial charge in [0.25, 0.3) is 0 Å². The van der Waals surface area contributed by atoms with Crippen LogP contribution in [0, 0.1) is 5.92 Å². The second-order valence-corrected chi connectivity index (χ2v) is 8.97. The molecule has 0 bridgehead atoms. The second-order valence-electron chi connectivity index (χ2n) is 7.92. The van der Waals surface area contributed by atoms with Crippen molar-refractivity contribution in [2.75, 3.05) is 31.9 Å². The quantitative estimate of drug-likeness (QED) is 0.771. The van der Waals surface area contributed by atoms with Crippen molar-refractivity contribution < 1.29 is 9.59 Å². The summed E-state index contributed by atoms with van der Waals surface area (Å²) in [4.78, 5) is 29.3. The van der Waals surface area contributed by atoms with Gasteiger partial charge in [0.1, 0.15) is 0 Å². The number of thioether (sulfide) groups is 1. The largest absolute Gasteiger partial charge is 0.339 e. The van der Waals surface area contributed by atoms with E-state index in [-0.39, 0.29) is 23.1 Å². The van der Waals surface area contributed by atoms with Crippen LogP contribution in [0.2, 0.25) is 0 Å². The number of rotatable bonds is 4. The van der Waals surface area contributed by atoms with E-state index in [1.807, 2.05) is 23.6 Å². The summed E-state index contributed by atoms with van der Waals surface area (Å²) in [6.07, 6.45) is 0. The Bertz CT molecular complexity index is 597. The molecule has 25 heavy (non-hydrogen) atoms. The Morgan fingerprint density at radius 1 is 1.00 bits per heavy atom. The van der Waals surface area contributed by atoms with Crippen molar-refractivity contribution in [3.8, 4) is 0 Å². The van der Waals surface area contributed by atoms with E-state index >= 15 is 0 Å². The van der Waals surface area contributed by atoms with E-state index in [0.717, 1.165) is 4.90 Å². The number of piperazine rings is 1. The average molecular weight is 363 g/mol. The van der Waals surface area contributed by atoms with E-state index in [1.54, 1.807) is 11.8 Å². The monoisotopic (exact) mass is 362 g/mol. The molecule has 1 aliphatic rings. The maximum Gasteiger partial charge on any atom is 0.233 e. The van der Waals surface area contributed by atoms with Gasteiger partial charge in [0.15, 0.2) is 0 Å². The van der Waals surface area contributed by atoms with Crippen LogP contribution in [-0.4, -0.2) is 53.5 Å². The Kier molecular flexibility index (Phi) is 6.55. The molecule has 1 fully saturated rings. The van der Waals surface area contributed by atoms with Crippen LogP contribution < -0.4 is 0 Å². The van der Waals surface area contributed by atoms with Crippen molar-refractivity contribution in [2.24, 2.45) is 5.92 Å². The highest BCUT2D eigenvalue weighted by Gasteiger charge is 2.25. The molecule has 0 N–H and O–H groups in total. The van der Waals surface area contributed by atoms with E-state index < -0.39 is 0 Å². The van der Waals surface area contributed by atoms with Crippen LogP contribution >= 0.6 is 11.8 Å². The van der Waals surface area contributed by atoms with E-state index in [9.17, 15) is 9.59 Å². The minimum atomic E-state index is 0.0221. The summed E-state index contributed by atoms with van der Waals surface area (Å²) in [6.45, 7) is 13.0. The fraction of sp³-hybridized carbons (Fsp3) is 0.600. The number of hydrogen-bond acceptors (Lipinski definition) is 3. The van der Waals surface area contributed by atoms with Gasteiger partial charge in [-0.15, -0.1) is 11.8 Å². The third-order valence-corrected chi connectivity index (χ3v) is 5.52. The number of benzene rings is 1. The van der Waals surface area contributed by atoms with E-state index in [1.165, 1.54) is 5.56 Å². The zero-order chi connectivity index (χ0) is 18.6. The summed E-state index contributed by atoms with van der Waals surface area (Å²) >= 11 is 1.58. The first-order valence-corrected chi connectivity index (χ1v) is 9.97. The fourth-order valence-electron chi connectivity index (χ4n) is 2.83. The number of carbonyl (C=O) groups is 2. The molecule has 0 aliphatic carbocycles. The smallest absolute Gasteiger partial charge is 0.233 e. The van der Waals surface area contributed by atoms with Crippen LogP contribution in [0.3, 0.4) is 0 Å². The Morgan fingerprint density at radius 3 is 2.00 bits per heavy atom. The summed E-state index contributed by atoms with van der Waals surface area (Å²) in [7, 11) is 0. The molecule has 1 heterocycles. The van der Waals surface area contributed by atoms with Crippen molar-refractivity contribution in [1.82, 2.24) is 9.80 Å². The summed E-state index contributed by atoms with van der Waals surface area (Å²) < 4.78 is 0. The molecule has 1 aromatic rings. The number of nitrogens with zero attached hydrogens (tertiary/aromatic N) is 2. The van der Waals surface area contributed by atoms with Crippen molar-refractivity contribution in [3.63, 3.8) is 0 Å². The molecule has 0 atom stereocenters. The number of amides is 2. The molecule has 2 amide bonds. The Labute approximate surface area is 156 Å². The zero-order valence-corrected chi connectivity index (χ0v) is 16.9. The number of carbonyl (C=O) groups excluding carboxylic acids is 2. The molecular weight excluding hydrogens is 332 g/mol. The highest BCUT2D eigenvalue weighted by atomic mass is 32.2. The molecule has 0 spiro atoms. The average Bonchev–Trinajstić information content (AvgIpc) is 2.58. The number of hydrogen-bond donors (Lipinski definition) is 0. The summed E-state index contributed by atoms with van der Waals surface area (Å²) in [5, 5.41) is 0. The molecule has 0 unspecified atom stereocenters. The van der Waals surface area contributed by atoms with Gasteiger partial charge in [0, 0.05) is 37.0 Å². The first-order valence-electron chi connectivity index (χ1n) is 8.98. The predicted octanol–water partition coefficient (Wildman–Crippen LogP) is 3.40. The molecule has 4 nitrogen and oxygen atoms in total. The van der Waals surface area contributed by atoms with Crippen molar-refractivity contribution in [3.05, 3.63) is 29.8 Å². The lowest BCUT2D eigenvalue weighted by atomic mass is 9.87. The lowest BCUT2D eigenvalue weighted by molar-refractivity contribution is -0.140. The molecule has 0 aromatic heterocycles. The van der Waals surface area contributed by atoms with Gasteiger partial charge >= 0.3 is 0 Å². The summed E-state index contributed by atoms with van der Waals surface area (Å²) in [5.41, 5.74) is 1.45. The highest BCUT2D eigenvalue weighted by molar-refractivity contribution is 8.00. The molecule has 0 saturated carbocycles. The molecule has 138 valence electrons. The fourth-order valence-corrected chi connectivity index (χ4v) is 3.63. The lowest BCUT2D eigenvalue weighted by Gasteiger charge is -2.35. The van der Waals surface area contributed by atoms with Crippen LogP contribution in [0.4, 0.5) is 0 Å². The third kappa shape index (κ3) is 5.50. The third-order valence-electron chi connectivity index (χ3n) is 4.52. The van der Waals surface area contributed by atoms with Gasteiger partial charge in [-0.1, -0.05) is 46.8 Å². The molecule has 1 saturated heterocycles. The summed E-state index contributed by atoms with van der Waals surface area (Å²) in [6, 6.07) is 8.47. The van der Waals surface area contributed by atoms with Gasteiger partial charge in [-0.3, -0.25) is 9.59 Å². The molecule has 2 rings (SSSR count). The maximum atomic E-state index is 12.4. The van der Waals surface area contributed by atoms with Crippen LogP contribution in [0.15, 0.2) is 29.2 Å². The molecule has 0 radical (unpaired) electrons. The molecule has 5 heteroatoms. The molecular formula is C20H30N2O2S. The maximum absolute atomic E-state index is 12.4. The normalized spacial score (nSPS) is 15.6. The standard InChI is InChI=1S/C20H30N2O2S/c1-15(2)19(24)22-12-10-21(11-13-22)18(23)14-25-17-8-6-16(7-9-17)20(3,4)5/h6-9,15H,10-14H2,1-5H3. The van der Waals surface area contributed by atoms with Crippen LogP contribution in [0.5, 0.6) is 0 Å². The minimum absolute atomic E-state index is 0.0221. The minimum Gasteiger partial charge on any atom is -0.339 e. The van der Waals surface area contributed by atoms with Gasteiger partial charge < -0.3 is 9.80 Å². The van der Waals surface area contributed by atoms with Gasteiger partial charge in [-0.2, -0.15) is 0 Å². The van der Waals surface area contributed by atoms with Crippen molar-refractivity contribution in [2.45, 2.75) is 44.9 Å².